The molecule has 0 fully saturated rings. The fourth-order valence-corrected chi connectivity index (χ4v) is 2.80. The van der Waals surface area contributed by atoms with Gasteiger partial charge >= 0.3 is 0 Å². The quantitative estimate of drug-likeness (QED) is 0.369. The predicted octanol–water partition coefficient (Wildman–Crippen LogP) is 7.35. The van der Waals surface area contributed by atoms with E-state index in [0.717, 1.165) is 17.8 Å². The van der Waals surface area contributed by atoms with E-state index >= 15 is 0 Å². The van der Waals surface area contributed by atoms with Crippen LogP contribution in [0.3, 0.4) is 0 Å². The molecule has 126 valence electrons. The maximum atomic E-state index is 2.48. The summed E-state index contributed by atoms with van der Waals surface area (Å²) < 4.78 is 0. The van der Waals surface area contributed by atoms with E-state index in [-0.39, 0.29) is 0 Å². The molecule has 0 aromatic rings. The molecule has 0 aromatic heterocycles. The van der Waals surface area contributed by atoms with Crippen LogP contribution in [-0.2, 0) is 0 Å². The van der Waals surface area contributed by atoms with Crippen molar-refractivity contribution in [1.82, 2.24) is 0 Å². The highest BCUT2D eigenvalue weighted by molar-refractivity contribution is 4.93. The second kappa shape index (κ2) is 9.70. The van der Waals surface area contributed by atoms with Gasteiger partial charge in [0.25, 0.3) is 0 Å². The lowest BCUT2D eigenvalue weighted by molar-refractivity contribution is 0.232. The molecular weight excluding hydrogens is 252 g/mol. The first-order valence-corrected chi connectivity index (χ1v) is 9.32. The van der Waals surface area contributed by atoms with Gasteiger partial charge in [0.15, 0.2) is 0 Å². The molecule has 0 aliphatic carbocycles. The monoisotopic (exact) mass is 294 g/mol. The molecule has 0 spiro atoms. The molecule has 0 radical (unpaired) electrons. The molecule has 5 atom stereocenters. The third-order valence-electron chi connectivity index (χ3n) is 6.18. The van der Waals surface area contributed by atoms with Crippen LogP contribution in [0.5, 0.6) is 0 Å². The zero-order valence-electron chi connectivity index (χ0n) is 16.4. The Labute approximate surface area is 135 Å². The van der Waals surface area contributed by atoms with Gasteiger partial charge in [-0.2, -0.15) is 0 Å². The number of hydrogen-bond acceptors (Lipinski definition) is 0. The molecule has 0 bridgehead atoms. The molecule has 0 amide bonds. The van der Waals surface area contributed by atoms with Gasteiger partial charge in [-0.3, -0.25) is 0 Å². The zero-order chi connectivity index (χ0) is 16.6. The molecule has 0 heteroatoms. The van der Waals surface area contributed by atoms with Crippen LogP contribution in [0, 0.1) is 35.0 Å². The van der Waals surface area contributed by atoms with Crippen LogP contribution in [0.25, 0.3) is 0 Å². The Bertz CT molecular complexity index is 286. The van der Waals surface area contributed by atoms with Crippen molar-refractivity contribution < 1.29 is 0 Å². The maximum absolute atomic E-state index is 2.48. The van der Waals surface area contributed by atoms with Gasteiger partial charge in [0.05, 0.1) is 0 Å². The van der Waals surface area contributed by atoms with Gasteiger partial charge in [0, 0.05) is 0 Å². The van der Waals surface area contributed by atoms with Gasteiger partial charge in [0.2, 0.25) is 0 Å². The Morgan fingerprint density at radius 1 is 0.857 bits per heavy atom. The van der Waals surface area contributed by atoms with Crippen LogP contribution in [0.4, 0.5) is 0 Å². The van der Waals surface area contributed by atoms with Crippen molar-refractivity contribution in [2.45, 2.75) is 88.0 Å². The molecule has 0 N–H and O–H groups in total. The summed E-state index contributed by atoms with van der Waals surface area (Å²) in [4.78, 5) is 0. The lowest BCUT2D eigenvalue weighted by Crippen LogP contribution is -2.21. The van der Waals surface area contributed by atoms with Crippen molar-refractivity contribution in [3.8, 4) is 0 Å². The summed E-state index contributed by atoms with van der Waals surface area (Å²) in [6.07, 6.45) is 10.2. The second-order valence-electron chi connectivity index (χ2n) is 8.38. The van der Waals surface area contributed by atoms with E-state index < -0.39 is 0 Å². The first-order chi connectivity index (χ1) is 9.64. The summed E-state index contributed by atoms with van der Waals surface area (Å²) >= 11 is 0. The minimum atomic E-state index is 0.506. The van der Waals surface area contributed by atoms with Crippen molar-refractivity contribution in [1.29, 1.82) is 0 Å². The Hall–Kier alpha value is -0.260. The topological polar surface area (TPSA) is 0 Å². The smallest absolute Gasteiger partial charge is 0.0233 e. The maximum Gasteiger partial charge on any atom is -0.0233 e. The van der Waals surface area contributed by atoms with E-state index in [4.69, 9.17) is 0 Å². The molecule has 0 saturated heterocycles. The molecular formula is C21H42. The summed E-state index contributed by atoms with van der Waals surface area (Å²) in [5, 5.41) is 0. The van der Waals surface area contributed by atoms with Gasteiger partial charge in [0.1, 0.15) is 0 Å². The summed E-state index contributed by atoms with van der Waals surface area (Å²) in [6.45, 7) is 21.4. The van der Waals surface area contributed by atoms with E-state index in [9.17, 15) is 0 Å². The molecule has 0 rings (SSSR count). The van der Waals surface area contributed by atoms with Crippen LogP contribution < -0.4 is 0 Å². The molecule has 0 aliphatic heterocycles. The number of allylic oxidation sites excluding steroid dienone is 2. The third-order valence-corrected chi connectivity index (χ3v) is 6.18. The fraction of sp³-hybridized carbons (Fsp3) is 0.905. The first-order valence-electron chi connectivity index (χ1n) is 9.32. The first kappa shape index (κ1) is 20.7. The summed E-state index contributed by atoms with van der Waals surface area (Å²) in [5.41, 5.74) is 0.506. The van der Waals surface area contributed by atoms with Gasteiger partial charge in [-0.1, -0.05) is 87.3 Å². The molecule has 0 saturated carbocycles. The SMILES string of the molecule is CCC(C)C(C)C(C)C(C)C=CC(C)CCC(C)(C)CC. The highest BCUT2D eigenvalue weighted by Crippen LogP contribution is 2.31. The van der Waals surface area contributed by atoms with Crippen LogP contribution in [0.2, 0.25) is 0 Å². The van der Waals surface area contributed by atoms with Crippen LogP contribution in [-0.4, -0.2) is 0 Å². The summed E-state index contributed by atoms with van der Waals surface area (Å²) in [5.74, 6) is 3.82. The average Bonchev–Trinajstić information content (AvgIpc) is 2.48. The largest absolute Gasteiger partial charge is 0.0854 e. The minimum absolute atomic E-state index is 0.506. The Kier molecular flexibility index (Phi) is 9.58. The molecule has 0 heterocycles. The highest BCUT2D eigenvalue weighted by atomic mass is 14.3. The predicted molar refractivity (Wildman–Crippen MR) is 98.6 cm³/mol. The number of rotatable bonds is 10. The van der Waals surface area contributed by atoms with Crippen molar-refractivity contribution >= 4 is 0 Å². The van der Waals surface area contributed by atoms with Crippen molar-refractivity contribution in [3.63, 3.8) is 0 Å². The van der Waals surface area contributed by atoms with Gasteiger partial charge < -0.3 is 0 Å². The van der Waals surface area contributed by atoms with Crippen LogP contribution >= 0.6 is 0 Å². The molecule has 0 aliphatic rings. The summed E-state index contributed by atoms with van der Waals surface area (Å²) in [6, 6.07) is 0. The lowest BCUT2D eigenvalue weighted by atomic mass is 9.77. The Morgan fingerprint density at radius 2 is 1.43 bits per heavy atom. The normalized spacial score (nSPS) is 20.2. The Morgan fingerprint density at radius 3 is 1.90 bits per heavy atom. The van der Waals surface area contributed by atoms with E-state index in [2.05, 4.69) is 74.5 Å². The van der Waals surface area contributed by atoms with Gasteiger partial charge in [-0.15, -0.1) is 0 Å². The zero-order valence-corrected chi connectivity index (χ0v) is 16.4. The van der Waals surface area contributed by atoms with Crippen LogP contribution in [0.15, 0.2) is 12.2 Å². The van der Waals surface area contributed by atoms with E-state index in [1.165, 1.54) is 25.7 Å². The molecule has 0 aromatic carbocycles. The standard InChI is InChI=1S/C21H42/c1-10-17(4)19(6)20(7)18(5)13-12-16(3)14-15-21(8,9)11-2/h12-13,16-20H,10-11,14-15H2,1-9H3. The van der Waals surface area contributed by atoms with Crippen molar-refractivity contribution in [3.05, 3.63) is 12.2 Å². The minimum Gasteiger partial charge on any atom is -0.0854 e. The van der Waals surface area contributed by atoms with E-state index in [0.29, 0.717) is 17.3 Å². The highest BCUT2D eigenvalue weighted by Gasteiger charge is 2.21. The van der Waals surface area contributed by atoms with Gasteiger partial charge in [-0.25, -0.2) is 0 Å². The molecule has 21 heavy (non-hydrogen) atoms. The fourth-order valence-electron chi connectivity index (χ4n) is 2.80. The number of hydrogen-bond donors (Lipinski definition) is 0. The average molecular weight is 295 g/mol. The molecule has 0 nitrogen and oxygen atoms in total. The molecule has 5 unspecified atom stereocenters. The van der Waals surface area contributed by atoms with Crippen molar-refractivity contribution in [2.75, 3.05) is 0 Å². The summed E-state index contributed by atoms with van der Waals surface area (Å²) in [7, 11) is 0. The lowest BCUT2D eigenvalue weighted by Gasteiger charge is -2.29. The second-order valence-corrected chi connectivity index (χ2v) is 8.38. The Balaban J connectivity index is 4.33. The van der Waals surface area contributed by atoms with Crippen LogP contribution in [0.1, 0.15) is 88.0 Å². The van der Waals surface area contributed by atoms with E-state index in [1.54, 1.807) is 0 Å². The van der Waals surface area contributed by atoms with Gasteiger partial charge in [-0.05, 0) is 47.8 Å². The van der Waals surface area contributed by atoms with Crippen molar-refractivity contribution in [2.24, 2.45) is 35.0 Å². The van der Waals surface area contributed by atoms with E-state index in [1.807, 2.05) is 0 Å². The third kappa shape index (κ3) is 8.07.